The minimum Gasteiger partial charge on any atom is -0.495 e. The minimum absolute atomic E-state index is 0.124. The van der Waals surface area contributed by atoms with Crippen molar-refractivity contribution in [2.24, 2.45) is 0 Å². The summed E-state index contributed by atoms with van der Waals surface area (Å²) in [5.41, 5.74) is 3.08. The van der Waals surface area contributed by atoms with Crippen LogP contribution in [0.4, 0.5) is 11.4 Å². The molecule has 0 aliphatic carbocycles. The van der Waals surface area contributed by atoms with Crippen LogP contribution >= 0.6 is 11.6 Å². The maximum Gasteiger partial charge on any atom is 0.244 e. The summed E-state index contributed by atoms with van der Waals surface area (Å²) in [6.07, 6.45) is 0. The van der Waals surface area contributed by atoms with Crippen molar-refractivity contribution < 1.29 is 14.3 Å². The number of carbonyl (C=O) groups excluding carboxylic acids is 2. The van der Waals surface area contributed by atoms with E-state index in [9.17, 15) is 9.59 Å². The molecule has 2 rings (SSSR count). The van der Waals surface area contributed by atoms with Gasteiger partial charge in [0.25, 0.3) is 0 Å². The highest BCUT2D eigenvalue weighted by molar-refractivity contribution is 6.31. The van der Waals surface area contributed by atoms with E-state index >= 15 is 0 Å². The van der Waals surface area contributed by atoms with Crippen LogP contribution in [0, 0.1) is 13.8 Å². The molecule has 6 heteroatoms. The van der Waals surface area contributed by atoms with Crippen molar-refractivity contribution in [3.63, 3.8) is 0 Å². The van der Waals surface area contributed by atoms with Crippen molar-refractivity contribution in [1.29, 1.82) is 0 Å². The number of amides is 2. The fourth-order valence-corrected chi connectivity index (χ4v) is 2.52. The van der Waals surface area contributed by atoms with Gasteiger partial charge in [-0.05, 0) is 37.6 Å². The number of hydrogen-bond acceptors (Lipinski definition) is 3. The fraction of sp³-hybridized carbons (Fsp3) is 0.263. The molecule has 2 aromatic carbocycles. The molecule has 0 heterocycles. The summed E-state index contributed by atoms with van der Waals surface area (Å²) in [5, 5.41) is 3.32. The Hall–Kier alpha value is -2.53. The Morgan fingerprint density at radius 3 is 2.36 bits per heavy atom. The van der Waals surface area contributed by atoms with Crippen molar-refractivity contribution in [2.75, 3.05) is 23.9 Å². The third-order valence-electron chi connectivity index (χ3n) is 3.77. The predicted octanol–water partition coefficient (Wildman–Crippen LogP) is 3.96. The summed E-state index contributed by atoms with van der Waals surface area (Å²) in [4.78, 5) is 25.8. The maximum absolute atomic E-state index is 12.4. The van der Waals surface area contributed by atoms with Crippen LogP contribution in [-0.2, 0) is 9.59 Å². The lowest BCUT2D eigenvalue weighted by atomic mass is 10.1. The Kier molecular flexibility index (Phi) is 6.04. The molecule has 0 aliphatic heterocycles. The highest BCUT2D eigenvalue weighted by Gasteiger charge is 2.20. The molecule has 2 aromatic rings. The molecule has 0 radical (unpaired) electrons. The first kappa shape index (κ1) is 18.8. The predicted molar refractivity (Wildman–Crippen MR) is 101 cm³/mol. The summed E-state index contributed by atoms with van der Waals surface area (Å²) in [6.45, 7) is 5.08. The Labute approximate surface area is 152 Å². The van der Waals surface area contributed by atoms with E-state index < -0.39 is 0 Å². The molecule has 5 nitrogen and oxygen atoms in total. The maximum atomic E-state index is 12.4. The lowest BCUT2D eigenvalue weighted by molar-refractivity contribution is -0.120. The molecule has 0 fully saturated rings. The standard InChI is InChI=1S/C19H21ClN2O3/c1-12-5-7-15(8-6-12)21-19(24)11-22(14(3)23)17-9-13(2)16(20)10-18(17)25-4/h5-10H,11H2,1-4H3,(H,21,24). The van der Waals surface area contributed by atoms with E-state index in [1.165, 1.54) is 18.9 Å². The number of anilines is 2. The lowest BCUT2D eigenvalue weighted by Gasteiger charge is -2.23. The molecule has 0 aromatic heterocycles. The van der Waals surface area contributed by atoms with E-state index in [0.717, 1.165) is 11.1 Å². The second-order valence-electron chi connectivity index (χ2n) is 5.79. The number of hydrogen-bond donors (Lipinski definition) is 1. The number of nitrogens with one attached hydrogen (secondary N) is 1. The van der Waals surface area contributed by atoms with Gasteiger partial charge < -0.3 is 10.1 Å². The van der Waals surface area contributed by atoms with Crippen molar-refractivity contribution in [3.05, 3.63) is 52.5 Å². The van der Waals surface area contributed by atoms with Gasteiger partial charge in [0, 0.05) is 23.7 Å². The van der Waals surface area contributed by atoms with Crippen LogP contribution in [-0.4, -0.2) is 25.5 Å². The molecule has 132 valence electrons. The summed E-state index contributed by atoms with van der Waals surface area (Å²) >= 11 is 6.11. The Bertz CT molecular complexity index is 788. The van der Waals surface area contributed by atoms with Crippen LogP contribution in [0.3, 0.4) is 0 Å². The molecule has 0 bridgehead atoms. The van der Waals surface area contributed by atoms with E-state index in [1.807, 2.05) is 38.1 Å². The molecule has 0 atom stereocenters. The van der Waals surface area contributed by atoms with Crippen molar-refractivity contribution >= 4 is 34.8 Å². The zero-order chi connectivity index (χ0) is 18.6. The van der Waals surface area contributed by atoms with Gasteiger partial charge in [-0.25, -0.2) is 0 Å². The topological polar surface area (TPSA) is 58.6 Å². The average Bonchev–Trinajstić information content (AvgIpc) is 2.56. The normalized spacial score (nSPS) is 10.3. The first-order valence-corrected chi connectivity index (χ1v) is 8.18. The Morgan fingerprint density at radius 2 is 1.80 bits per heavy atom. The zero-order valence-corrected chi connectivity index (χ0v) is 15.5. The summed E-state index contributed by atoms with van der Waals surface area (Å²) in [7, 11) is 1.50. The molecular formula is C19H21ClN2O3. The number of halogens is 1. The Morgan fingerprint density at radius 1 is 1.16 bits per heavy atom. The second-order valence-corrected chi connectivity index (χ2v) is 6.20. The number of carbonyl (C=O) groups is 2. The molecular weight excluding hydrogens is 340 g/mol. The van der Waals surface area contributed by atoms with Gasteiger partial charge in [0.2, 0.25) is 11.8 Å². The number of benzene rings is 2. The molecule has 0 saturated heterocycles. The van der Waals surface area contributed by atoms with Gasteiger partial charge in [-0.2, -0.15) is 0 Å². The molecule has 0 unspecified atom stereocenters. The summed E-state index contributed by atoms with van der Waals surface area (Å²) in [6, 6.07) is 10.8. The highest BCUT2D eigenvalue weighted by Crippen LogP contribution is 2.33. The first-order chi connectivity index (χ1) is 11.8. The smallest absolute Gasteiger partial charge is 0.244 e. The van der Waals surface area contributed by atoms with Crippen LogP contribution < -0.4 is 15.0 Å². The van der Waals surface area contributed by atoms with E-state index in [1.54, 1.807) is 12.1 Å². The van der Waals surface area contributed by atoms with Gasteiger partial charge >= 0.3 is 0 Å². The minimum atomic E-state index is -0.297. The molecule has 1 N–H and O–H groups in total. The number of aryl methyl sites for hydroxylation is 2. The Balaban J connectivity index is 2.24. The highest BCUT2D eigenvalue weighted by atomic mass is 35.5. The SMILES string of the molecule is COc1cc(Cl)c(C)cc1N(CC(=O)Nc1ccc(C)cc1)C(C)=O. The fourth-order valence-electron chi connectivity index (χ4n) is 2.37. The first-order valence-electron chi connectivity index (χ1n) is 7.80. The van der Waals surface area contributed by atoms with Gasteiger partial charge in [0.15, 0.2) is 0 Å². The second kappa shape index (κ2) is 8.03. The van der Waals surface area contributed by atoms with E-state index in [-0.39, 0.29) is 18.4 Å². The molecule has 25 heavy (non-hydrogen) atoms. The third-order valence-corrected chi connectivity index (χ3v) is 4.18. The van der Waals surface area contributed by atoms with Gasteiger partial charge in [0.1, 0.15) is 12.3 Å². The van der Waals surface area contributed by atoms with Gasteiger partial charge in [-0.15, -0.1) is 0 Å². The largest absolute Gasteiger partial charge is 0.495 e. The zero-order valence-electron chi connectivity index (χ0n) is 14.7. The average molecular weight is 361 g/mol. The molecule has 0 saturated carbocycles. The molecule has 0 aliphatic rings. The van der Waals surface area contributed by atoms with E-state index in [0.29, 0.717) is 22.1 Å². The van der Waals surface area contributed by atoms with Gasteiger partial charge in [-0.3, -0.25) is 14.5 Å². The lowest BCUT2D eigenvalue weighted by Crippen LogP contribution is -2.37. The van der Waals surface area contributed by atoms with Crippen molar-refractivity contribution in [3.8, 4) is 5.75 Å². The third kappa shape index (κ3) is 4.73. The summed E-state index contributed by atoms with van der Waals surface area (Å²) in [5.74, 6) is -0.123. The van der Waals surface area contributed by atoms with Crippen LogP contribution in [0.15, 0.2) is 36.4 Å². The van der Waals surface area contributed by atoms with Gasteiger partial charge in [0.05, 0.1) is 12.8 Å². The van der Waals surface area contributed by atoms with E-state index in [2.05, 4.69) is 5.32 Å². The van der Waals surface area contributed by atoms with Crippen LogP contribution in [0.1, 0.15) is 18.1 Å². The van der Waals surface area contributed by atoms with E-state index in [4.69, 9.17) is 16.3 Å². The monoisotopic (exact) mass is 360 g/mol. The van der Waals surface area contributed by atoms with Crippen molar-refractivity contribution in [2.45, 2.75) is 20.8 Å². The summed E-state index contributed by atoms with van der Waals surface area (Å²) < 4.78 is 5.32. The number of methoxy groups -OCH3 is 1. The molecule has 0 spiro atoms. The van der Waals surface area contributed by atoms with Crippen LogP contribution in [0.25, 0.3) is 0 Å². The van der Waals surface area contributed by atoms with Crippen LogP contribution in [0.5, 0.6) is 5.75 Å². The van der Waals surface area contributed by atoms with Gasteiger partial charge in [-0.1, -0.05) is 29.3 Å². The quantitative estimate of drug-likeness (QED) is 0.878. The number of ether oxygens (including phenoxy) is 1. The van der Waals surface area contributed by atoms with Crippen LogP contribution in [0.2, 0.25) is 5.02 Å². The van der Waals surface area contributed by atoms with Crippen molar-refractivity contribution in [1.82, 2.24) is 0 Å². The number of nitrogens with zero attached hydrogens (tertiary/aromatic N) is 1. The molecule has 2 amide bonds. The number of rotatable bonds is 5.